The number of aromatic nitrogens is 5. The Morgan fingerprint density at radius 3 is 2.53 bits per heavy atom. The van der Waals surface area contributed by atoms with Gasteiger partial charge in [0.25, 0.3) is 0 Å². The number of pyridine rings is 3. The van der Waals surface area contributed by atoms with E-state index in [0.29, 0.717) is 18.2 Å². The second-order valence-corrected chi connectivity index (χ2v) is 8.11. The van der Waals surface area contributed by atoms with Crippen molar-refractivity contribution >= 4 is 32.8 Å². The molecule has 0 aliphatic rings. The average Bonchev–Trinajstić information content (AvgIpc) is 3.14. The summed E-state index contributed by atoms with van der Waals surface area (Å²) in [5.41, 5.74) is 5.83. The van der Waals surface area contributed by atoms with E-state index in [9.17, 15) is 4.79 Å². The topological polar surface area (TPSA) is 74.8 Å². The van der Waals surface area contributed by atoms with Crippen LogP contribution in [0.1, 0.15) is 6.92 Å². The summed E-state index contributed by atoms with van der Waals surface area (Å²) in [4.78, 5) is 26.9. The van der Waals surface area contributed by atoms with E-state index >= 15 is 0 Å². The van der Waals surface area contributed by atoms with Crippen LogP contribution in [0, 0.1) is 0 Å². The second kappa shape index (κ2) is 7.81. The van der Waals surface area contributed by atoms with Gasteiger partial charge in [-0.1, -0.05) is 24.3 Å². The van der Waals surface area contributed by atoms with Gasteiger partial charge < -0.3 is 4.74 Å². The van der Waals surface area contributed by atoms with E-state index in [-0.39, 0.29) is 5.69 Å². The predicted molar refractivity (Wildman–Crippen MR) is 134 cm³/mol. The highest BCUT2D eigenvalue weighted by atomic mass is 16.5. The van der Waals surface area contributed by atoms with Gasteiger partial charge in [0.05, 0.1) is 46.8 Å². The lowest BCUT2D eigenvalue weighted by Gasteiger charge is -2.09. The number of ether oxygens (including phenoxy) is 1. The fraction of sp³-hybridized carbons (Fsp3) is 0.111. The highest BCUT2D eigenvalue weighted by molar-refractivity contribution is 6.04. The molecule has 166 valence electrons. The molecule has 0 atom stereocenters. The number of aryl methyl sites for hydroxylation is 1. The normalized spacial score (nSPS) is 11.5. The summed E-state index contributed by atoms with van der Waals surface area (Å²) < 4.78 is 8.76. The molecule has 2 aromatic carbocycles. The number of hydrogen-bond acceptors (Lipinski definition) is 5. The van der Waals surface area contributed by atoms with Crippen LogP contribution in [0.5, 0.6) is 5.88 Å². The molecule has 0 amide bonds. The molecule has 0 spiro atoms. The van der Waals surface area contributed by atoms with Gasteiger partial charge in [0.2, 0.25) is 5.88 Å². The fourth-order valence-corrected chi connectivity index (χ4v) is 4.38. The van der Waals surface area contributed by atoms with Gasteiger partial charge in [-0.05, 0) is 42.8 Å². The van der Waals surface area contributed by atoms with Gasteiger partial charge in [0.15, 0.2) is 0 Å². The fourth-order valence-electron chi connectivity index (χ4n) is 4.38. The van der Waals surface area contributed by atoms with Crippen molar-refractivity contribution in [3.05, 3.63) is 89.7 Å². The third-order valence-electron chi connectivity index (χ3n) is 6.08. The van der Waals surface area contributed by atoms with Gasteiger partial charge in [-0.25, -0.2) is 9.78 Å². The van der Waals surface area contributed by atoms with Crippen molar-refractivity contribution in [2.24, 2.45) is 7.05 Å². The lowest BCUT2D eigenvalue weighted by molar-refractivity contribution is 0.327. The van der Waals surface area contributed by atoms with E-state index in [1.54, 1.807) is 34.6 Å². The smallest absolute Gasteiger partial charge is 0.333 e. The molecule has 6 rings (SSSR count). The Morgan fingerprint density at radius 2 is 1.71 bits per heavy atom. The molecular weight excluding hydrogens is 426 g/mol. The highest BCUT2D eigenvalue weighted by Crippen LogP contribution is 2.30. The largest absolute Gasteiger partial charge is 0.478 e. The quantitative estimate of drug-likeness (QED) is 0.385. The van der Waals surface area contributed by atoms with Crippen LogP contribution in [0.2, 0.25) is 0 Å². The van der Waals surface area contributed by atoms with Crippen molar-refractivity contribution in [2.45, 2.75) is 6.92 Å². The van der Waals surface area contributed by atoms with Crippen molar-refractivity contribution in [3.63, 3.8) is 0 Å². The maximum Gasteiger partial charge on any atom is 0.333 e. The van der Waals surface area contributed by atoms with E-state index in [1.165, 1.54) is 0 Å². The first-order valence-corrected chi connectivity index (χ1v) is 11.1. The second-order valence-electron chi connectivity index (χ2n) is 8.11. The van der Waals surface area contributed by atoms with Crippen molar-refractivity contribution in [1.29, 1.82) is 0 Å². The number of hydrogen-bond donors (Lipinski definition) is 0. The SMILES string of the molecule is CCOc1ccc(-n2c(=O)n(C)c3cnc4ccc(-c5cnc6ccccc6c5)cc4c32)cn1. The van der Waals surface area contributed by atoms with Crippen LogP contribution in [0.15, 0.2) is 84.0 Å². The van der Waals surface area contributed by atoms with Gasteiger partial charge in [0, 0.05) is 35.6 Å². The minimum atomic E-state index is -0.159. The van der Waals surface area contributed by atoms with Crippen LogP contribution in [0.25, 0.3) is 49.7 Å². The molecule has 4 heterocycles. The zero-order valence-corrected chi connectivity index (χ0v) is 18.8. The maximum atomic E-state index is 13.3. The lowest BCUT2D eigenvalue weighted by atomic mass is 10.0. The molecule has 7 heteroatoms. The van der Waals surface area contributed by atoms with Gasteiger partial charge in [-0.3, -0.25) is 19.1 Å². The number of nitrogens with zero attached hydrogens (tertiary/aromatic N) is 5. The van der Waals surface area contributed by atoms with Crippen LogP contribution < -0.4 is 10.4 Å². The third kappa shape index (κ3) is 3.13. The van der Waals surface area contributed by atoms with Crippen LogP contribution in [-0.2, 0) is 7.05 Å². The van der Waals surface area contributed by atoms with Gasteiger partial charge in [0.1, 0.15) is 0 Å². The predicted octanol–water partition coefficient (Wildman–Crippen LogP) is 4.89. The molecule has 7 nitrogen and oxygen atoms in total. The number of benzene rings is 2. The Morgan fingerprint density at radius 1 is 0.853 bits per heavy atom. The molecule has 6 aromatic rings. The molecular formula is C27H21N5O2. The van der Waals surface area contributed by atoms with Gasteiger partial charge in [-0.2, -0.15) is 0 Å². The van der Waals surface area contributed by atoms with Crippen LogP contribution in [-0.4, -0.2) is 30.7 Å². The summed E-state index contributed by atoms with van der Waals surface area (Å²) in [6.45, 7) is 2.44. The summed E-state index contributed by atoms with van der Waals surface area (Å²) in [5, 5.41) is 1.96. The van der Waals surface area contributed by atoms with Crippen LogP contribution in [0.3, 0.4) is 0 Å². The van der Waals surface area contributed by atoms with Crippen molar-refractivity contribution in [1.82, 2.24) is 24.1 Å². The van der Waals surface area contributed by atoms with Gasteiger partial charge >= 0.3 is 5.69 Å². The van der Waals surface area contributed by atoms with Gasteiger partial charge in [-0.15, -0.1) is 0 Å². The highest BCUT2D eigenvalue weighted by Gasteiger charge is 2.17. The molecule has 0 aliphatic carbocycles. The maximum absolute atomic E-state index is 13.3. The Kier molecular flexibility index (Phi) is 4.62. The molecule has 0 N–H and O–H groups in total. The van der Waals surface area contributed by atoms with Crippen molar-refractivity contribution in [3.8, 4) is 22.7 Å². The first kappa shape index (κ1) is 20.1. The average molecular weight is 447 g/mol. The molecule has 0 aliphatic heterocycles. The van der Waals surface area contributed by atoms with Crippen LogP contribution in [0.4, 0.5) is 0 Å². The molecule has 0 radical (unpaired) electrons. The van der Waals surface area contributed by atoms with Crippen LogP contribution >= 0.6 is 0 Å². The molecule has 34 heavy (non-hydrogen) atoms. The summed E-state index contributed by atoms with van der Waals surface area (Å²) in [6.07, 6.45) is 5.29. The molecule has 4 aromatic heterocycles. The van der Waals surface area contributed by atoms with E-state index < -0.39 is 0 Å². The Labute approximate surface area is 194 Å². The number of rotatable bonds is 4. The number of fused-ring (bicyclic) bond motifs is 4. The van der Waals surface area contributed by atoms with E-state index in [0.717, 1.165) is 44.0 Å². The van der Waals surface area contributed by atoms with E-state index in [1.807, 2.05) is 49.5 Å². The molecule has 0 saturated heterocycles. The number of para-hydroxylation sites is 1. The molecule has 0 fully saturated rings. The minimum Gasteiger partial charge on any atom is -0.478 e. The molecule has 0 bridgehead atoms. The van der Waals surface area contributed by atoms with Crippen molar-refractivity contribution < 1.29 is 4.74 Å². The minimum absolute atomic E-state index is 0.159. The molecule has 0 unspecified atom stereocenters. The van der Waals surface area contributed by atoms with Crippen molar-refractivity contribution in [2.75, 3.05) is 6.61 Å². The molecule has 0 saturated carbocycles. The summed E-state index contributed by atoms with van der Waals surface area (Å²) in [6, 6.07) is 19.9. The Bertz CT molecular complexity index is 1750. The Hall–Kier alpha value is -4.52. The summed E-state index contributed by atoms with van der Waals surface area (Å²) >= 11 is 0. The monoisotopic (exact) mass is 447 g/mol. The van der Waals surface area contributed by atoms with E-state index in [2.05, 4.69) is 33.2 Å². The zero-order valence-electron chi connectivity index (χ0n) is 18.8. The standard InChI is InChI=1S/C27H21N5O2/c1-3-34-25-11-9-20(15-30-25)32-26-21-13-17(19-12-18-6-4-5-7-22(18)28-14-19)8-10-23(21)29-16-24(26)31(2)27(32)33/h4-16H,3H2,1-2H3. The third-order valence-corrected chi connectivity index (χ3v) is 6.08. The zero-order chi connectivity index (χ0) is 23.2. The first-order valence-electron chi connectivity index (χ1n) is 11.1. The Balaban J connectivity index is 1.60. The number of imidazole rings is 1. The summed E-state index contributed by atoms with van der Waals surface area (Å²) in [7, 11) is 1.76. The summed E-state index contributed by atoms with van der Waals surface area (Å²) in [5.74, 6) is 0.525. The first-order chi connectivity index (χ1) is 16.6. The lowest BCUT2D eigenvalue weighted by Crippen LogP contribution is -2.21. The van der Waals surface area contributed by atoms with E-state index in [4.69, 9.17) is 4.74 Å².